The molecule has 2 amide bonds. The minimum Gasteiger partial charge on any atom is -0.374 e. The zero-order valence-electron chi connectivity index (χ0n) is 17.7. The molecule has 4 rings (SSSR count). The van der Waals surface area contributed by atoms with Crippen molar-refractivity contribution in [2.24, 2.45) is 0 Å². The fraction of sp³-hybridized carbons (Fsp3) is 0.231. The summed E-state index contributed by atoms with van der Waals surface area (Å²) in [5.74, 6) is 0.0356. The number of amides is 2. The van der Waals surface area contributed by atoms with Crippen LogP contribution < -0.4 is 15.5 Å². The molecule has 5 heteroatoms. The lowest BCUT2D eigenvalue weighted by Crippen LogP contribution is -2.32. The van der Waals surface area contributed by atoms with Gasteiger partial charge in [0.05, 0.1) is 24.0 Å². The van der Waals surface area contributed by atoms with Gasteiger partial charge in [-0.15, -0.1) is 0 Å². The molecule has 1 saturated heterocycles. The molecule has 0 aliphatic carbocycles. The zero-order chi connectivity index (χ0) is 21.6. The highest BCUT2D eigenvalue weighted by Crippen LogP contribution is 2.29. The molecule has 1 unspecified atom stereocenters. The second kappa shape index (κ2) is 9.47. The number of hydrogen-bond donors (Lipinski definition) is 2. The average Bonchev–Trinajstić information content (AvgIpc) is 3.24. The number of carbonyl (C=O) groups is 2. The van der Waals surface area contributed by atoms with E-state index < -0.39 is 0 Å². The van der Waals surface area contributed by atoms with Crippen LogP contribution in [0.2, 0.25) is 0 Å². The van der Waals surface area contributed by atoms with Crippen molar-refractivity contribution < 1.29 is 9.59 Å². The van der Waals surface area contributed by atoms with Crippen LogP contribution in [-0.4, -0.2) is 24.9 Å². The second-order valence-corrected chi connectivity index (χ2v) is 7.80. The summed E-state index contributed by atoms with van der Waals surface area (Å²) >= 11 is 0. The SMILES string of the molecule is CC(NC(=O)CNc1ccccc1N1CCCC1=O)c1ccc(-c2ccccc2)cc1. The minimum atomic E-state index is -0.102. The van der Waals surface area contributed by atoms with Crippen molar-refractivity contribution in [1.82, 2.24) is 5.32 Å². The molecule has 1 atom stereocenters. The molecule has 1 aliphatic rings. The topological polar surface area (TPSA) is 61.4 Å². The Morgan fingerprint density at radius 1 is 0.935 bits per heavy atom. The molecule has 31 heavy (non-hydrogen) atoms. The molecule has 0 spiro atoms. The third-order valence-electron chi connectivity index (χ3n) is 5.60. The molecule has 0 radical (unpaired) electrons. The number of carbonyl (C=O) groups excluding carboxylic acids is 2. The molecule has 1 aliphatic heterocycles. The first-order chi connectivity index (χ1) is 15.1. The monoisotopic (exact) mass is 413 g/mol. The van der Waals surface area contributed by atoms with Crippen LogP contribution in [-0.2, 0) is 9.59 Å². The normalized spacial score (nSPS) is 14.4. The van der Waals surface area contributed by atoms with E-state index in [9.17, 15) is 9.59 Å². The lowest BCUT2D eigenvalue weighted by molar-refractivity contribution is -0.120. The summed E-state index contributed by atoms with van der Waals surface area (Å²) in [6.07, 6.45) is 1.45. The van der Waals surface area contributed by atoms with Gasteiger partial charge in [-0.25, -0.2) is 0 Å². The number of para-hydroxylation sites is 2. The third kappa shape index (κ3) is 4.94. The second-order valence-electron chi connectivity index (χ2n) is 7.80. The van der Waals surface area contributed by atoms with Gasteiger partial charge in [0.25, 0.3) is 0 Å². The van der Waals surface area contributed by atoms with E-state index in [1.807, 2.05) is 49.4 Å². The summed E-state index contributed by atoms with van der Waals surface area (Å²) in [7, 11) is 0. The fourth-order valence-corrected chi connectivity index (χ4v) is 3.91. The van der Waals surface area contributed by atoms with Gasteiger partial charge in [-0.2, -0.15) is 0 Å². The van der Waals surface area contributed by atoms with E-state index in [1.165, 1.54) is 5.56 Å². The highest BCUT2D eigenvalue weighted by Gasteiger charge is 2.23. The number of nitrogens with zero attached hydrogens (tertiary/aromatic N) is 1. The Kier molecular flexibility index (Phi) is 6.32. The Labute approximate surface area is 183 Å². The van der Waals surface area contributed by atoms with Gasteiger partial charge in [-0.3, -0.25) is 9.59 Å². The van der Waals surface area contributed by atoms with Crippen LogP contribution in [0.15, 0.2) is 78.9 Å². The van der Waals surface area contributed by atoms with Crippen LogP contribution in [0.5, 0.6) is 0 Å². The highest BCUT2D eigenvalue weighted by molar-refractivity contribution is 5.98. The molecule has 3 aromatic carbocycles. The van der Waals surface area contributed by atoms with E-state index in [0.29, 0.717) is 6.42 Å². The van der Waals surface area contributed by atoms with Crippen molar-refractivity contribution in [2.45, 2.75) is 25.8 Å². The Morgan fingerprint density at radius 2 is 1.61 bits per heavy atom. The molecule has 0 bridgehead atoms. The number of nitrogens with one attached hydrogen (secondary N) is 2. The summed E-state index contributed by atoms with van der Waals surface area (Å²) in [5.41, 5.74) is 5.01. The van der Waals surface area contributed by atoms with Crippen LogP contribution >= 0.6 is 0 Å². The van der Waals surface area contributed by atoms with Crippen molar-refractivity contribution in [3.05, 3.63) is 84.4 Å². The van der Waals surface area contributed by atoms with E-state index >= 15 is 0 Å². The Hall–Kier alpha value is -3.60. The van der Waals surface area contributed by atoms with Crippen molar-refractivity contribution in [3.63, 3.8) is 0 Å². The number of hydrogen-bond acceptors (Lipinski definition) is 3. The summed E-state index contributed by atoms with van der Waals surface area (Å²) in [6.45, 7) is 2.84. The predicted molar refractivity (Wildman–Crippen MR) is 125 cm³/mol. The molecule has 158 valence electrons. The van der Waals surface area contributed by atoms with Crippen molar-refractivity contribution in [3.8, 4) is 11.1 Å². The van der Waals surface area contributed by atoms with Gasteiger partial charge in [0, 0.05) is 13.0 Å². The van der Waals surface area contributed by atoms with E-state index in [-0.39, 0.29) is 24.4 Å². The van der Waals surface area contributed by atoms with Gasteiger partial charge in [0.2, 0.25) is 11.8 Å². The van der Waals surface area contributed by atoms with Crippen molar-refractivity contribution >= 4 is 23.2 Å². The Bertz CT molecular complexity index is 1050. The highest BCUT2D eigenvalue weighted by atomic mass is 16.2. The average molecular weight is 414 g/mol. The lowest BCUT2D eigenvalue weighted by atomic mass is 10.0. The smallest absolute Gasteiger partial charge is 0.239 e. The quantitative estimate of drug-likeness (QED) is 0.587. The maximum atomic E-state index is 12.5. The minimum absolute atomic E-state index is 0.0952. The summed E-state index contributed by atoms with van der Waals surface area (Å²) in [5, 5.41) is 6.23. The first-order valence-electron chi connectivity index (χ1n) is 10.7. The zero-order valence-corrected chi connectivity index (χ0v) is 17.7. The van der Waals surface area contributed by atoms with Crippen LogP contribution in [0.25, 0.3) is 11.1 Å². The molecular formula is C26H27N3O2. The number of anilines is 2. The third-order valence-corrected chi connectivity index (χ3v) is 5.60. The van der Waals surface area contributed by atoms with E-state index in [4.69, 9.17) is 0 Å². The Balaban J connectivity index is 1.35. The Morgan fingerprint density at radius 3 is 2.32 bits per heavy atom. The molecule has 3 aromatic rings. The number of rotatable bonds is 7. The molecule has 0 aromatic heterocycles. The summed E-state index contributed by atoms with van der Waals surface area (Å²) in [6, 6.07) is 26.0. The molecule has 1 fully saturated rings. The van der Waals surface area contributed by atoms with E-state index in [2.05, 4.69) is 47.0 Å². The summed E-state index contributed by atoms with van der Waals surface area (Å²) < 4.78 is 0. The molecule has 1 heterocycles. The predicted octanol–water partition coefficient (Wildman–Crippen LogP) is 4.77. The standard InChI is InChI=1S/C26H27N3O2/c1-19(20-13-15-22(16-14-20)21-8-3-2-4-9-21)28-25(30)18-27-23-10-5-6-11-24(23)29-17-7-12-26(29)31/h2-6,8-11,13-16,19,27H,7,12,17-18H2,1H3,(H,28,30). The van der Waals surface area contributed by atoms with Gasteiger partial charge < -0.3 is 15.5 Å². The number of benzene rings is 3. The van der Waals surface area contributed by atoms with Gasteiger partial charge in [0.15, 0.2) is 0 Å². The van der Waals surface area contributed by atoms with Crippen LogP contribution in [0, 0.1) is 0 Å². The first kappa shape index (κ1) is 20.7. The molecular weight excluding hydrogens is 386 g/mol. The van der Waals surface area contributed by atoms with Crippen LogP contribution in [0.1, 0.15) is 31.4 Å². The van der Waals surface area contributed by atoms with Gasteiger partial charge in [0.1, 0.15) is 0 Å². The molecule has 2 N–H and O–H groups in total. The first-order valence-corrected chi connectivity index (χ1v) is 10.7. The van der Waals surface area contributed by atoms with Gasteiger partial charge in [-0.1, -0.05) is 66.7 Å². The lowest BCUT2D eigenvalue weighted by Gasteiger charge is -2.21. The van der Waals surface area contributed by atoms with Gasteiger partial charge >= 0.3 is 0 Å². The maximum Gasteiger partial charge on any atom is 0.239 e. The van der Waals surface area contributed by atoms with Crippen molar-refractivity contribution in [1.29, 1.82) is 0 Å². The van der Waals surface area contributed by atoms with Gasteiger partial charge in [-0.05, 0) is 42.2 Å². The van der Waals surface area contributed by atoms with Crippen molar-refractivity contribution in [2.75, 3.05) is 23.3 Å². The fourth-order valence-electron chi connectivity index (χ4n) is 3.91. The largest absolute Gasteiger partial charge is 0.374 e. The van der Waals surface area contributed by atoms with Crippen LogP contribution in [0.4, 0.5) is 11.4 Å². The van der Waals surface area contributed by atoms with E-state index in [1.54, 1.807) is 4.90 Å². The molecule has 0 saturated carbocycles. The maximum absolute atomic E-state index is 12.5. The van der Waals surface area contributed by atoms with E-state index in [0.717, 1.165) is 35.5 Å². The molecule has 5 nitrogen and oxygen atoms in total. The van der Waals surface area contributed by atoms with Crippen LogP contribution in [0.3, 0.4) is 0 Å². The summed E-state index contributed by atoms with van der Waals surface area (Å²) in [4.78, 5) is 26.4.